The number of likely N-dealkylation sites (tertiary alicyclic amines) is 1. The van der Waals surface area contributed by atoms with Crippen LogP contribution in [0.4, 0.5) is 0 Å². The fraction of sp³-hybridized carbons (Fsp3) is 0.895. The zero-order chi connectivity index (χ0) is 18.6. The van der Waals surface area contributed by atoms with Gasteiger partial charge in [-0.25, -0.2) is 0 Å². The van der Waals surface area contributed by atoms with Gasteiger partial charge in [-0.2, -0.15) is 0 Å². The van der Waals surface area contributed by atoms with Crippen molar-refractivity contribution in [1.82, 2.24) is 20.0 Å². The molecule has 0 aromatic heterocycles. The second-order valence-electron chi connectivity index (χ2n) is 8.12. The zero-order valence-electron chi connectivity index (χ0n) is 17.1. The maximum Gasteiger partial charge on any atom is 0.230 e. The minimum absolute atomic E-state index is 0. The average molecular weight is 493 g/mol. The molecule has 7 nitrogen and oxygen atoms in total. The number of morpholine rings is 1. The first-order valence-corrected chi connectivity index (χ1v) is 10.0. The van der Waals surface area contributed by atoms with Gasteiger partial charge in [0.25, 0.3) is 0 Å². The van der Waals surface area contributed by atoms with Crippen molar-refractivity contribution >= 4 is 35.8 Å². The van der Waals surface area contributed by atoms with Crippen LogP contribution in [0, 0.1) is 5.41 Å². The molecule has 1 aliphatic carbocycles. The van der Waals surface area contributed by atoms with E-state index in [1.54, 1.807) is 4.90 Å². The highest BCUT2D eigenvalue weighted by Gasteiger charge is 2.42. The van der Waals surface area contributed by atoms with Crippen LogP contribution in [0.2, 0.25) is 0 Å². The van der Waals surface area contributed by atoms with Crippen molar-refractivity contribution in [3.05, 3.63) is 0 Å². The normalized spacial score (nSPS) is 26.0. The number of halogens is 1. The molecule has 3 rings (SSSR count). The van der Waals surface area contributed by atoms with Crippen LogP contribution < -0.4 is 5.32 Å². The number of hydrogen-bond acceptors (Lipinski definition) is 4. The second-order valence-corrected chi connectivity index (χ2v) is 8.12. The van der Waals surface area contributed by atoms with Gasteiger partial charge in [0.2, 0.25) is 5.91 Å². The van der Waals surface area contributed by atoms with Gasteiger partial charge < -0.3 is 19.9 Å². The molecule has 3 fully saturated rings. The summed E-state index contributed by atoms with van der Waals surface area (Å²) in [6.07, 6.45) is 5.41. The molecule has 0 radical (unpaired) electrons. The van der Waals surface area contributed by atoms with Gasteiger partial charge >= 0.3 is 0 Å². The molecule has 0 spiro atoms. The molecule has 1 atom stereocenters. The smallest absolute Gasteiger partial charge is 0.230 e. The van der Waals surface area contributed by atoms with Gasteiger partial charge in [0.1, 0.15) is 0 Å². The molecule has 3 aliphatic rings. The minimum Gasteiger partial charge on any atom is -0.379 e. The predicted octanol–water partition coefficient (Wildman–Crippen LogP) is 1.23. The maximum atomic E-state index is 12.8. The summed E-state index contributed by atoms with van der Waals surface area (Å²) >= 11 is 0. The molecular weight excluding hydrogens is 457 g/mol. The van der Waals surface area contributed by atoms with Gasteiger partial charge in [-0.3, -0.25) is 14.7 Å². The summed E-state index contributed by atoms with van der Waals surface area (Å²) < 4.78 is 5.48. The summed E-state index contributed by atoms with van der Waals surface area (Å²) in [5.41, 5.74) is -0.261. The van der Waals surface area contributed by atoms with E-state index < -0.39 is 0 Å². The largest absolute Gasteiger partial charge is 0.379 e. The van der Waals surface area contributed by atoms with Gasteiger partial charge in [-0.1, -0.05) is 12.8 Å². The lowest BCUT2D eigenvalue weighted by Gasteiger charge is -2.34. The quantitative estimate of drug-likeness (QED) is 0.363. The zero-order valence-corrected chi connectivity index (χ0v) is 19.4. The van der Waals surface area contributed by atoms with Crippen molar-refractivity contribution in [1.29, 1.82) is 0 Å². The van der Waals surface area contributed by atoms with Crippen LogP contribution in [0.3, 0.4) is 0 Å². The van der Waals surface area contributed by atoms with E-state index in [0.29, 0.717) is 12.6 Å². The van der Waals surface area contributed by atoms with Crippen LogP contribution in [0.15, 0.2) is 4.99 Å². The van der Waals surface area contributed by atoms with Crippen LogP contribution in [0.1, 0.15) is 32.1 Å². The van der Waals surface area contributed by atoms with Crippen LogP contribution in [0.5, 0.6) is 0 Å². The minimum atomic E-state index is -0.261. The molecule has 8 heteroatoms. The maximum absolute atomic E-state index is 12.8. The number of nitrogens with one attached hydrogen (secondary N) is 1. The van der Waals surface area contributed by atoms with Gasteiger partial charge in [0, 0.05) is 59.9 Å². The number of hydrogen-bond donors (Lipinski definition) is 1. The molecule has 2 saturated heterocycles. The Morgan fingerprint density at radius 3 is 2.48 bits per heavy atom. The molecule has 2 heterocycles. The first-order valence-electron chi connectivity index (χ1n) is 10.0. The van der Waals surface area contributed by atoms with Crippen LogP contribution >= 0.6 is 24.0 Å². The monoisotopic (exact) mass is 493 g/mol. The van der Waals surface area contributed by atoms with E-state index in [9.17, 15) is 4.79 Å². The van der Waals surface area contributed by atoms with E-state index in [1.165, 1.54) is 6.42 Å². The Morgan fingerprint density at radius 2 is 1.89 bits per heavy atom. The lowest BCUT2D eigenvalue weighted by atomic mass is 9.84. The Hall–Kier alpha value is -0.610. The van der Waals surface area contributed by atoms with Gasteiger partial charge in [0.05, 0.1) is 18.6 Å². The molecule has 2 aliphatic heterocycles. The van der Waals surface area contributed by atoms with Crippen molar-refractivity contribution in [2.45, 2.75) is 38.1 Å². The van der Waals surface area contributed by atoms with E-state index in [-0.39, 0.29) is 35.3 Å². The van der Waals surface area contributed by atoms with Crippen molar-refractivity contribution in [3.63, 3.8) is 0 Å². The van der Waals surface area contributed by atoms with Crippen LogP contribution in [0.25, 0.3) is 0 Å². The summed E-state index contributed by atoms with van der Waals surface area (Å²) in [7, 11) is 5.58. The van der Waals surface area contributed by atoms with Gasteiger partial charge in [-0.05, 0) is 19.3 Å². The second kappa shape index (κ2) is 10.2. The number of ether oxygens (including phenoxy) is 1. The first kappa shape index (κ1) is 22.7. The molecule has 27 heavy (non-hydrogen) atoms. The Balaban J connectivity index is 0.00000261. The van der Waals surface area contributed by atoms with Crippen molar-refractivity contribution in [2.75, 3.05) is 67.1 Å². The van der Waals surface area contributed by atoms with Crippen LogP contribution in [-0.2, 0) is 9.53 Å². The Morgan fingerprint density at radius 1 is 1.22 bits per heavy atom. The Kier molecular flexibility index (Phi) is 8.61. The number of amides is 1. The summed E-state index contributed by atoms with van der Waals surface area (Å²) in [5.74, 6) is 1.20. The SMILES string of the molecule is CN=C(NCC1(C(=O)N(C)C)CCCC1)N1CCC(N2CCOCC2)C1.I. The number of carbonyl (C=O) groups is 1. The summed E-state index contributed by atoms with van der Waals surface area (Å²) in [6, 6.07) is 0.585. The highest BCUT2D eigenvalue weighted by atomic mass is 127. The lowest BCUT2D eigenvalue weighted by molar-refractivity contribution is -0.138. The predicted molar refractivity (Wildman–Crippen MR) is 119 cm³/mol. The third-order valence-electron chi connectivity index (χ3n) is 6.24. The molecule has 156 valence electrons. The molecule has 0 aromatic rings. The number of rotatable bonds is 4. The number of nitrogens with zero attached hydrogens (tertiary/aromatic N) is 4. The third kappa shape index (κ3) is 5.26. The molecule has 1 saturated carbocycles. The molecule has 1 unspecified atom stereocenters. The molecular formula is C19H36IN5O2. The third-order valence-corrected chi connectivity index (χ3v) is 6.24. The van der Waals surface area contributed by atoms with Crippen molar-refractivity contribution in [2.24, 2.45) is 10.4 Å². The first-order chi connectivity index (χ1) is 12.6. The van der Waals surface area contributed by atoms with Gasteiger partial charge in [0.15, 0.2) is 5.96 Å². The Labute approximate surface area is 180 Å². The van der Waals surface area contributed by atoms with Gasteiger partial charge in [-0.15, -0.1) is 24.0 Å². The highest BCUT2D eigenvalue weighted by Crippen LogP contribution is 2.39. The average Bonchev–Trinajstić information content (AvgIpc) is 3.33. The fourth-order valence-electron chi connectivity index (χ4n) is 4.75. The molecule has 0 bridgehead atoms. The molecule has 0 aromatic carbocycles. The number of carbonyl (C=O) groups excluding carboxylic acids is 1. The van der Waals surface area contributed by atoms with Crippen molar-refractivity contribution < 1.29 is 9.53 Å². The summed E-state index contributed by atoms with van der Waals surface area (Å²) in [4.78, 5) is 23.9. The van der Waals surface area contributed by atoms with Crippen LogP contribution in [-0.4, -0.2) is 99.7 Å². The van der Waals surface area contributed by atoms with E-state index in [2.05, 4.69) is 20.1 Å². The van der Waals surface area contributed by atoms with E-state index >= 15 is 0 Å². The fourth-order valence-corrected chi connectivity index (χ4v) is 4.75. The highest BCUT2D eigenvalue weighted by molar-refractivity contribution is 14.0. The van der Waals surface area contributed by atoms with E-state index in [4.69, 9.17) is 4.74 Å². The van der Waals surface area contributed by atoms with E-state index in [1.807, 2.05) is 21.1 Å². The summed E-state index contributed by atoms with van der Waals surface area (Å²) in [6.45, 7) is 6.48. The lowest BCUT2D eigenvalue weighted by Crippen LogP contribution is -2.50. The van der Waals surface area contributed by atoms with E-state index in [0.717, 1.165) is 71.0 Å². The summed E-state index contributed by atoms with van der Waals surface area (Å²) in [5, 5.41) is 3.54. The number of guanidine groups is 1. The molecule has 1 N–H and O–H groups in total. The Bertz CT molecular complexity index is 516. The number of aliphatic imine (C=N–C) groups is 1. The molecule has 1 amide bonds. The topological polar surface area (TPSA) is 60.4 Å². The van der Waals surface area contributed by atoms with Crippen molar-refractivity contribution in [3.8, 4) is 0 Å². The standard InChI is InChI=1S/C19H35N5O2.HI/c1-20-18(21-15-19(7-4-5-8-19)17(25)22(2)3)24-9-6-16(14-24)23-10-12-26-13-11-23;/h16H,4-15H2,1-3H3,(H,20,21);1H.